The number of nitrogens with one attached hydrogen (secondary N) is 1. The highest BCUT2D eigenvalue weighted by atomic mass is 79.9. The number of carboxylic acids is 1. The van der Waals surface area contributed by atoms with E-state index in [-0.39, 0.29) is 11.5 Å². The zero-order chi connectivity index (χ0) is 20.0. The Balaban J connectivity index is 1.68. The standard InChI is InChI=1S/C19H14BrN3O3S2/c1-9-12-7-14(28-18(12)23(2)22-9)17(24)21-13-8-27-16(15(13)19(25)26)10-3-5-11(20)6-4-10/h3-8H,1-2H3,(H,21,24)(H,25,26). The molecule has 9 heteroatoms. The third kappa shape index (κ3) is 3.25. The minimum absolute atomic E-state index is 0.0969. The Labute approximate surface area is 176 Å². The molecule has 0 bridgehead atoms. The summed E-state index contributed by atoms with van der Waals surface area (Å²) in [5.74, 6) is -1.41. The number of anilines is 1. The number of halogens is 1. The molecular formula is C19H14BrN3O3S2. The molecule has 6 nitrogen and oxygen atoms in total. The number of hydrogen-bond donors (Lipinski definition) is 2. The van der Waals surface area contributed by atoms with Crippen molar-refractivity contribution in [2.45, 2.75) is 6.92 Å². The van der Waals surface area contributed by atoms with Gasteiger partial charge in [-0.15, -0.1) is 22.7 Å². The van der Waals surface area contributed by atoms with E-state index in [0.717, 1.165) is 25.9 Å². The number of nitrogens with zero attached hydrogens (tertiary/aromatic N) is 2. The van der Waals surface area contributed by atoms with Gasteiger partial charge in [0.25, 0.3) is 5.91 Å². The normalized spacial score (nSPS) is 11.1. The summed E-state index contributed by atoms with van der Waals surface area (Å²) in [6.07, 6.45) is 0. The Morgan fingerprint density at radius 2 is 1.96 bits per heavy atom. The van der Waals surface area contributed by atoms with E-state index in [0.29, 0.717) is 15.4 Å². The molecule has 142 valence electrons. The first-order valence-corrected chi connectivity index (χ1v) is 10.7. The molecule has 0 atom stereocenters. The molecule has 2 N–H and O–H groups in total. The molecule has 4 rings (SSSR count). The monoisotopic (exact) mass is 475 g/mol. The topological polar surface area (TPSA) is 84.2 Å². The second kappa shape index (κ2) is 7.16. The number of rotatable bonds is 4. The molecule has 0 saturated carbocycles. The Kier molecular flexibility index (Phi) is 4.82. The van der Waals surface area contributed by atoms with Crippen molar-refractivity contribution in [3.8, 4) is 10.4 Å². The predicted molar refractivity (Wildman–Crippen MR) is 116 cm³/mol. The number of aryl methyl sites for hydroxylation is 2. The summed E-state index contributed by atoms with van der Waals surface area (Å²) in [4.78, 5) is 26.7. The number of aromatic nitrogens is 2. The van der Waals surface area contributed by atoms with E-state index in [2.05, 4.69) is 26.3 Å². The molecule has 0 fully saturated rings. The van der Waals surface area contributed by atoms with Crippen LogP contribution in [0.5, 0.6) is 0 Å². The molecule has 3 aromatic heterocycles. The van der Waals surface area contributed by atoms with Gasteiger partial charge in [0, 0.05) is 22.3 Å². The summed E-state index contributed by atoms with van der Waals surface area (Å²) in [6, 6.07) is 9.19. The molecule has 3 heterocycles. The first kappa shape index (κ1) is 18.9. The molecule has 0 aliphatic heterocycles. The van der Waals surface area contributed by atoms with Crippen LogP contribution in [0.3, 0.4) is 0 Å². The Morgan fingerprint density at radius 3 is 2.61 bits per heavy atom. The van der Waals surface area contributed by atoms with Crippen LogP contribution >= 0.6 is 38.6 Å². The van der Waals surface area contributed by atoms with E-state index in [4.69, 9.17) is 0 Å². The van der Waals surface area contributed by atoms with E-state index in [1.165, 1.54) is 22.7 Å². The number of thiophene rings is 2. The van der Waals surface area contributed by atoms with Gasteiger partial charge in [0.05, 0.1) is 21.1 Å². The van der Waals surface area contributed by atoms with Gasteiger partial charge in [-0.2, -0.15) is 5.10 Å². The third-order valence-electron chi connectivity index (χ3n) is 4.28. The van der Waals surface area contributed by atoms with Crippen LogP contribution in [0.25, 0.3) is 20.7 Å². The second-order valence-corrected chi connectivity index (χ2v) is 8.98. The van der Waals surface area contributed by atoms with Gasteiger partial charge >= 0.3 is 5.97 Å². The maximum Gasteiger partial charge on any atom is 0.339 e. The molecule has 0 aliphatic rings. The summed E-state index contributed by atoms with van der Waals surface area (Å²) in [5, 5.41) is 19.4. The molecule has 0 saturated heterocycles. The Hall–Kier alpha value is -2.49. The number of amides is 1. The number of carbonyl (C=O) groups is 2. The van der Waals surface area contributed by atoms with Crippen molar-refractivity contribution in [1.29, 1.82) is 0 Å². The predicted octanol–water partition coefficient (Wildman–Crippen LogP) is 5.38. The molecule has 0 aliphatic carbocycles. The number of aromatic carboxylic acids is 1. The maximum atomic E-state index is 12.7. The molecule has 0 radical (unpaired) electrons. The number of benzene rings is 1. The van der Waals surface area contributed by atoms with E-state index in [9.17, 15) is 14.7 Å². The van der Waals surface area contributed by atoms with E-state index < -0.39 is 5.97 Å². The van der Waals surface area contributed by atoms with Gasteiger partial charge in [-0.05, 0) is 30.7 Å². The minimum Gasteiger partial charge on any atom is -0.478 e. The molecule has 0 spiro atoms. The fourth-order valence-electron chi connectivity index (χ4n) is 2.98. The fraction of sp³-hybridized carbons (Fsp3) is 0.105. The van der Waals surface area contributed by atoms with Gasteiger partial charge in [0.1, 0.15) is 10.4 Å². The van der Waals surface area contributed by atoms with Crippen molar-refractivity contribution in [1.82, 2.24) is 9.78 Å². The van der Waals surface area contributed by atoms with Crippen LogP contribution in [-0.2, 0) is 7.05 Å². The van der Waals surface area contributed by atoms with E-state index in [1.807, 2.05) is 38.2 Å². The van der Waals surface area contributed by atoms with Crippen LogP contribution in [0.15, 0.2) is 40.2 Å². The van der Waals surface area contributed by atoms with Crippen LogP contribution < -0.4 is 5.32 Å². The quantitative estimate of drug-likeness (QED) is 0.414. The van der Waals surface area contributed by atoms with Gasteiger partial charge in [-0.1, -0.05) is 28.1 Å². The summed E-state index contributed by atoms with van der Waals surface area (Å²) in [5.41, 5.74) is 2.04. The fourth-order valence-corrected chi connectivity index (χ4v) is 5.26. The van der Waals surface area contributed by atoms with Gasteiger partial charge in [0.2, 0.25) is 0 Å². The van der Waals surface area contributed by atoms with Crippen LogP contribution in [0.1, 0.15) is 25.7 Å². The smallest absolute Gasteiger partial charge is 0.339 e. The van der Waals surface area contributed by atoms with E-state index >= 15 is 0 Å². The Morgan fingerprint density at radius 1 is 1.25 bits per heavy atom. The highest BCUT2D eigenvalue weighted by Crippen LogP contribution is 2.37. The molecular weight excluding hydrogens is 462 g/mol. The third-order valence-corrected chi connectivity index (χ3v) is 7.04. The van der Waals surface area contributed by atoms with Crippen molar-refractivity contribution in [2.24, 2.45) is 7.05 Å². The first-order chi connectivity index (χ1) is 13.3. The van der Waals surface area contributed by atoms with Crippen LogP contribution in [0.2, 0.25) is 0 Å². The minimum atomic E-state index is -1.08. The zero-order valence-corrected chi connectivity index (χ0v) is 18.0. The summed E-state index contributed by atoms with van der Waals surface area (Å²) >= 11 is 6.00. The lowest BCUT2D eigenvalue weighted by Gasteiger charge is -2.05. The maximum absolute atomic E-state index is 12.7. The summed E-state index contributed by atoms with van der Waals surface area (Å²) < 4.78 is 2.65. The van der Waals surface area contributed by atoms with Crippen molar-refractivity contribution in [2.75, 3.05) is 5.32 Å². The van der Waals surface area contributed by atoms with Crippen molar-refractivity contribution >= 4 is 66.4 Å². The summed E-state index contributed by atoms with van der Waals surface area (Å²) in [6.45, 7) is 1.89. The lowest BCUT2D eigenvalue weighted by atomic mass is 10.1. The average molecular weight is 476 g/mol. The van der Waals surface area contributed by atoms with Crippen LogP contribution in [-0.4, -0.2) is 26.8 Å². The molecule has 28 heavy (non-hydrogen) atoms. The van der Waals surface area contributed by atoms with Gasteiger partial charge in [0.15, 0.2) is 0 Å². The molecule has 1 amide bonds. The number of carbonyl (C=O) groups excluding carboxylic acids is 1. The van der Waals surface area contributed by atoms with Gasteiger partial charge in [-0.3, -0.25) is 9.48 Å². The largest absolute Gasteiger partial charge is 0.478 e. The molecule has 1 aromatic carbocycles. The highest BCUT2D eigenvalue weighted by molar-refractivity contribution is 9.10. The highest BCUT2D eigenvalue weighted by Gasteiger charge is 2.22. The number of fused-ring (bicyclic) bond motifs is 1. The average Bonchev–Trinajstić information content (AvgIpc) is 3.32. The first-order valence-electron chi connectivity index (χ1n) is 8.20. The van der Waals surface area contributed by atoms with Crippen molar-refractivity contribution < 1.29 is 14.7 Å². The van der Waals surface area contributed by atoms with Crippen LogP contribution in [0.4, 0.5) is 5.69 Å². The van der Waals surface area contributed by atoms with Gasteiger partial charge < -0.3 is 10.4 Å². The van der Waals surface area contributed by atoms with Gasteiger partial charge in [-0.25, -0.2) is 4.79 Å². The number of hydrogen-bond acceptors (Lipinski definition) is 5. The van der Waals surface area contributed by atoms with E-state index in [1.54, 1.807) is 16.1 Å². The Bertz CT molecular complexity index is 1190. The lowest BCUT2D eigenvalue weighted by Crippen LogP contribution is -2.12. The second-order valence-electron chi connectivity index (χ2n) is 6.16. The van der Waals surface area contributed by atoms with Crippen LogP contribution in [0, 0.1) is 6.92 Å². The van der Waals surface area contributed by atoms with Crippen molar-refractivity contribution in [3.63, 3.8) is 0 Å². The zero-order valence-electron chi connectivity index (χ0n) is 14.8. The van der Waals surface area contributed by atoms with Crippen molar-refractivity contribution in [3.05, 3.63) is 56.3 Å². The lowest BCUT2D eigenvalue weighted by molar-refractivity contribution is 0.0699. The summed E-state index contributed by atoms with van der Waals surface area (Å²) in [7, 11) is 1.83. The molecule has 0 unspecified atom stereocenters. The SMILES string of the molecule is Cc1nn(C)c2sc(C(=O)Nc3csc(-c4ccc(Br)cc4)c3C(=O)O)cc12. The number of carboxylic acid groups (broad SMARTS) is 1. The molecule has 4 aromatic rings.